The van der Waals surface area contributed by atoms with Gasteiger partial charge >= 0.3 is 5.97 Å². The number of hydrogen-bond acceptors (Lipinski definition) is 5. The average Bonchev–Trinajstić information content (AvgIpc) is 3.01. The second-order valence-corrected chi connectivity index (χ2v) is 10.6. The van der Waals surface area contributed by atoms with Gasteiger partial charge in [-0.25, -0.2) is 8.42 Å². The first-order valence-corrected chi connectivity index (χ1v) is 13.8. The summed E-state index contributed by atoms with van der Waals surface area (Å²) in [5.41, 5.74) is 4.31. The quantitative estimate of drug-likeness (QED) is 0.436. The zero-order valence-electron chi connectivity index (χ0n) is 22.0. The van der Waals surface area contributed by atoms with Crippen LogP contribution in [0, 0.1) is 13.8 Å². The smallest absolute Gasteiger partial charge is 0.304 e. The second-order valence-electron chi connectivity index (χ2n) is 8.64. The first-order chi connectivity index (χ1) is 17.7. The Kier molecular flexibility index (Phi) is 9.34. The van der Waals surface area contributed by atoms with Crippen molar-refractivity contribution in [3.05, 3.63) is 88.5 Å². The monoisotopic (exact) mass is 525 g/mol. The summed E-state index contributed by atoms with van der Waals surface area (Å²) in [5, 5.41) is 9.67. The first-order valence-electron chi connectivity index (χ1n) is 12.4. The van der Waals surface area contributed by atoms with Crippen molar-refractivity contribution < 1.29 is 27.8 Å². The molecule has 1 N–H and O–H groups in total. The molecule has 8 heteroatoms. The van der Waals surface area contributed by atoms with Crippen molar-refractivity contribution in [3.8, 4) is 11.5 Å². The third-order valence-corrected chi connectivity index (χ3v) is 8.37. The van der Waals surface area contributed by atoms with Gasteiger partial charge in [-0.05, 0) is 59.9 Å². The minimum absolute atomic E-state index is 0.0975. The third-order valence-electron chi connectivity index (χ3n) is 6.49. The van der Waals surface area contributed by atoms with E-state index >= 15 is 0 Å². The van der Waals surface area contributed by atoms with Crippen LogP contribution in [0.25, 0.3) is 0 Å². The summed E-state index contributed by atoms with van der Waals surface area (Å²) < 4.78 is 39.3. The molecule has 3 aromatic carbocycles. The molecule has 1 unspecified atom stereocenters. The van der Waals surface area contributed by atoms with E-state index in [0.29, 0.717) is 11.5 Å². The largest absolute Gasteiger partial charge is 0.496 e. The van der Waals surface area contributed by atoms with Gasteiger partial charge in [-0.15, -0.1) is 0 Å². The number of ether oxygens (including phenoxy) is 2. The summed E-state index contributed by atoms with van der Waals surface area (Å²) in [6.45, 7) is 8.47. The zero-order valence-corrected chi connectivity index (χ0v) is 22.8. The maximum atomic E-state index is 13.4. The van der Waals surface area contributed by atoms with Gasteiger partial charge in [-0.3, -0.25) is 4.79 Å². The summed E-state index contributed by atoms with van der Waals surface area (Å²) in [6, 6.07) is 18.0. The van der Waals surface area contributed by atoms with E-state index in [1.54, 1.807) is 31.4 Å². The van der Waals surface area contributed by atoms with Gasteiger partial charge in [0, 0.05) is 19.0 Å². The molecule has 0 fully saturated rings. The molecule has 0 aliphatic carbocycles. The number of para-hydroxylation sites is 1. The topological polar surface area (TPSA) is 93.1 Å². The maximum absolute atomic E-state index is 13.4. The van der Waals surface area contributed by atoms with Gasteiger partial charge in [0.05, 0.1) is 13.5 Å². The third kappa shape index (κ3) is 6.14. The molecule has 0 saturated carbocycles. The number of benzene rings is 3. The molecule has 3 aromatic rings. The van der Waals surface area contributed by atoms with E-state index in [0.717, 1.165) is 27.8 Å². The number of carboxylic acids is 1. The Morgan fingerprint density at radius 1 is 1.08 bits per heavy atom. The summed E-state index contributed by atoms with van der Waals surface area (Å²) in [5.74, 6) is -0.273. The predicted molar refractivity (Wildman–Crippen MR) is 144 cm³/mol. The molecule has 1 heterocycles. The van der Waals surface area contributed by atoms with E-state index < -0.39 is 21.9 Å². The summed E-state index contributed by atoms with van der Waals surface area (Å²) in [7, 11) is -2.17. The summed E-state index contributed by atoms with van der Waals surface area (Å²) >= 11 is 0. The molecule has 0 saturated heterocycles. The van der Waals surface area contributed by atoms with Gasteiger partial charge in [0.15, 0.2) is 0 Å². The molecular weight excluding hydrogens is 490 g/mol. The van der Waals surface area contributed by atoms with Crippen LogP contribution in [0.2, 0.25) is 0 Å². The van der Waals surface area contributed by atoms with Crippen molar-refractivity contribution in [1.29, 1.82) is 0 Å². The molecule has 1 aliphatic heterocycles. The number of carboxylic acid groups (broad SMARTS) is 1. The molecule has 198 valence electrons. The van der Waals surface area contributed by atoms with Crippen LogP contribution in [-0.2, 0) is 21.4 Å². The normalized spacial score (nSPS) is 15.3. The Morgan fingerprint density at radius 2 is 1.81 bits per heavy atom. The standard InChI is InChI=1S/C27H29NO6S.C2H6/c1-18-11-12-20(23(16-27(29)30)22-7-6-9-24(33-3)19(22)2)15-21(18)17-28-13-14-34-25-8-4-5-10-26(25)35(28,31)32;1-2/h4-12,15,23H,13-14,16-17H2,1-3H3,(H,29,30);1-2H3. The number of carbonyl (C=O) groups is 1. The van der Waals surface area contributed by atoms with Crippen molar-refractivity contribution >= 4 is 16.0 Å². The van der Waals surface area contributed by atoms with Gasteiger partial charge in [-0.2, -0.15) is 4.31 Å². The van der Waals surface area contributed by atoms with Crippen LogP contribution in [0.3, 0.4) is 0 Å². The predicted octanol–water partition coefficient (Wildman–Crippen LogP) is 5.53. The lowest BCUT2D eigenvalue weighted by Crippen LogP contribution is -2.32. The van der Waals surface area contributed by atoms with Gasteiger partial charge in [0.2, 0.25) is 10.0 Å². The molecule has 0 aromatic heterocycles. The minimum atomic E-state index is -3.76. The molecule has 1 aliphatic rings. The van der Waals surface area contributed by atoms with Crippen molar-refractivity contribution in [2.75, 3.05) is 20.3 Å². The zero-order chi connectivity index (χ0) is 27.2. The van der Waals surface area contributed by atoms with Crippen LogP contribution in [0.4, 0.5) is 0 Å². The molecule has 0 spiro atoms. The van der Waals surface area contributed by atoms with Crippen LogP contribution in [0.15, 0.2) is 65.6 Å². The number of rotatable bonds is 7. The van der Waals surface area contributed by atoms with E-state index in [1.165, 1.54) is 4.31 Å². The number of aryl methyl sites for hydroxylation is 1. The fraction of sp³-hybridized carbons (Fsp3) is 0.345. The molecular formula is C29H35NO6S. The van der Waals surface area contributed by atoms with Crippen LogP contribution < -0.4 is 9.47 Å². The van der Waals surface area contributed by atoms with Gasteiger partial charge < -0.3 is 14.6 Å². The van der Waals surface area contributed by atoms with Crippen molar-refractivity contribution in [1.82, 2.24) is 4.31 Å². The number of fused-ring (bicyclic) bond motifs is 1. The molecule has 0 radical (unpaired) electrons. The fourth-order valence-corrected chi connectivity index (χ4v) is 6.08. The van der Waals surface area contributed by atoms with Crippen LogP contribution >= 0.6 is 0 Å². The molecule has 4 rings (SSSR count). The van der Waals surface area contributed by atoms with Gasteiger partial charge in [0.25, 0.3) is 0 Å². The van der Waals surface area contributed by atoms with Crippen LogP contribution in [-0.4, -0.2) is 44.1 Å². The number of nitrogens with zero attached hydrogens (tertiary/aromatic N) is 1. The number of aliphatic carboxylic acids is 1. The van der Waals surface area contributed by atoms with Crippen molar-refractivity contribution in [3.63, 3.8) is 0 Å². The number of methoxy groups -OCH3 is 1. The van der Waals surface area contributed by atoms with Gasteiger partial charge in [0.1, 0.15) is 23.0 Å². The first kappa shape index (κ1) is 28.2. The lowest BCUT2D eigenvalue weighted by molar-refractivity contribution is -0.137. The molecule has 37 heavy (non-hydrogen) atoms. The molecule has 0 bridgehead atoms. The highest BCUT2D eigenvalue weighted by atomic mass is 32.2. The van der Waals surface area contributed by atoms with Crippen LogP contribution in [0.1, 0.15) is 54.0 Å². The van der Waals surface area contributed by atoms with E-state index in [2.05, 4.69) is 0 Å². The fourth-order valence-electron chi connectivity index (χ4n) is 4.54. The molecule has 1 atom stereocenters. The second kappa shape index (κ2) is 12.3. The SMILES string of the molecule is CC.COc1cccc(C(CC(=O)O)c2ccc(C)c(CN3CCOc4ccccc4S3(=O)=O)c2)c1C. The highest BCUT2D eigenvalue weighted by Gasteiger charge is 2.31. The summed E-state index contributed by atoms with van der Waals surface area (Å²) in [4.78, 5) is 12.0. The maximum Gasteiger partial charge on any atom is 0.304 e. The number of sulfonamides is 1. The van der Waals surface area contributed by atoms with E-state index in [1.807, 2.05) is 64.1 Å². The van der Waals surface area contributed by atoms with E-state index in [-0.39, 0.29) is 31.0 Å². The van der Waals surface area contributed by atoms with E-state index in [9.17, 15) is 18.3 Å². The number of hydrogen-bond donors (Lipinski definition) is 1. The Labute approximate surface area is 219 Å². The Balaban J connectivity index is 0.00000186. The lowest BCUT2D eigenvalue weighted by atomic mass is 9.84. The Morgan fingerprint density at radius 3 is 2.51 bits per heavy atom. The Hall–Kier alpha value is -3.36. The van der Waals surface area contributed by atoms with Crippen LogP contribution in [0.5, 0.6) is 11.5 Å². The van der Waals surface area contributed by atoms with Crippen molar-refractivity contribution in [2.24, 2.45) is 0 Å². The summed E-state index contributed by atoms with van der Waals surface area (Å²) in [6.07, 6.45) is -0.0975. The molecule has 0 amide bonds. The average molecular weight is 526 g/mol. The van der Waals surface area contributed by atoms with Gasteiger partial charge in [-0.1, -0.05) is 56.3 Å². The lowest BCUT2D eigenvalue weighted by Gasteiger charge is -2.23. The Bertz CT molecular complexity index is 1350. The molecule has 7 nitrogen and oxygen atoms in total. The highest BCUT2D eigenvalue weighted by molar-refractivity contribution is 7.89. The van der Waals surface area contributed by atoms with Crippen molar-refractivity contribution in [2.45, 2.75) is 51.5 Å². The minimum Gasteiger partial charge on any atom is -0.496 e. The highest BCUT2D eigenvalue weighted by Crippen LogP contribution is 2.36. The van der Waals surface area contributed by atoms with E-state index in [4.69, 9.17) is 9.47 Å².